The number of carbonyl (C=O) groups excluding carboxylic acids is 1. The van der Waals surface area contributed by atoms with Gasteiger partial charge in [-0.2, -0.15) is 5.26 Å². The molecule has 0 aliphatic carbocycles. The van der Waals surface area contributed by atoms with Crippen LogP contribution in [0.2, 0.25) is 0 Å². The number of aliphatic hydroxyl groups is 1. The molecule has 2 aromatic rings. The summed E-state index contributed by atoms with van der Waals surface area (Å²) in [5.74, 6) is 0.287. The summed E-state index contributed by atoms with van der Waals surface area (Å²) >= 11 is 0. The Balaban J connectivity index is 1.78. The molecule has 1 fully saturated rings. The lowest BCUT2D eigenvalue weighted by Crippen LogP contribution is -2.36. The molecule has 2 heterocycles. The zero-order chi connectivity index (χ0) is 17.1. The summed E-state index contributed by atoms with van der Waals surface area (Å²) in [6.45, 7) is 3.16. The van der Waals surface area contributed by atoms with Crippen molar-refractivity contribution < 1.29 is 14.3 Å². The highest BCUT2D eigenvalue weighted by Gasteiger charge is 2.20. The van der Waals surface area contributed by atoms with Gasteiger partial charge in [0.2, 0.25) is 0 Å². The smallest absolute Gasteiger partial charge is 0.259 e. The summed E-state index contributed by atoms with van der Waals surface area (Å²) in [5.41, 5.74) is 2.38. The topological polar surface area (TPSA) is 89.5 Å². The lowest BCUT2D eigenvalue weighted by Gasteiger charge is -2.32. The number of rotatable bonds is 3. The minimum atomic E-state index is -0.265. The third-order valence-electron chi connectivity index (χ3n) is 4.28. The van der Waals surface area contributed by atoms with E-state index in [9.17, 15) is 15.2 Å². The summed E-state index contributed by atoms with van der Waals surface area (Å²) in [6, 6.07) is 9.11. The van der Waals surface area contributed by atoms with Gasteiger partial charge >= 0.3 is 0 Å². The van der Waals surface area contributed by atoms with Crippen LogP contribution in [0.1, 0.15) is 34.5 Å². The summed E-state index contributed by atoms with van der Waals surface area (Å²) in [6.07, 6.45) is 2.61. The van der Waals surface area contributed by atoms with E-state index in [1.165, 1.54) is 6.26 Å². The second-order valence-electron chi connectivity index (χ2n) is 5.91. The standard InChI is InChI=1S/C18H19N3O3/c1-12-16(6-9-24-12)18(23)20-14-2-3-17(13(10-14)11-19)21-7-4-15(22)5-8-21/h2-3,6,9-10,15,22H,4-5,7-8H2,1H3,(H,20,23). The number of benzene rings is 1. The fraction of sp³-hybridized carbons (Fsp3) is 0.333. The first-order chi connectivity index (χ1) is 11.6. The number of aryl methyl sites for hydroxylation is 1. The highest BCUT2D eigenvalue weighted by atomic mass is 16.3. The monoisotopic (exact) mass is 325 g/mol. The molecular formula is C18H19N3O3. The summed E-state index contributed by atoms with van der Waals surface area (Å²) in [4.78, 5) is 14.3. The molecule has 3 rings (SSSR count). The van der Waals surface area contributed by atoms with Crippen molar-refractivity contribution in [2.24, 2.45) is 0 Å². The molecule has 0 spiro atoms. The molecule has 1 aliphatic rings. The SMILES string of the molecule is Cc1occc1C(=O)Nc1ccc(N2CCC(O)CC2)c(C#N)c1. The predicted octanol–water partition coefficient (Wildman–Crippen LogP) is 2.67. The van der Waals surface area contributed by atoms with Crippen LogP contribution in [0, 0.1) is 18.3 Å². The zero-order valence-electron chi connectivity index (χ0n) is 13.5. The third-order valence-corrected chi connectivity index (χ3v) is 4.28. The van der Waals surface area contributed by atoms with Crippen molar-refractivity contribution in [2.75, 3.05) is 23.3 Å². The van der Waals surface area contributed by atoms with E-state index in [-0.39, 0.29) is 12.0 Å². The Hall–Kier alpha value is -2.78. The molecule has 0 unspecified atom stereocenters. The molecule has 1 amide bonds. The zero-order valence-corrected chi connectivity index (χ0v) is 13.5. The molecule has 1 aliphatic heterocycles. The number of nitrogens with one attached hydrogen (secondary N) is 1. The average molecular weight is 325 g/mol. The van der Waals surface area contributed by atoms with Crippen molar-refractivity contribution in [3.05, 3.63) is 47.4 Å². The first-order valence-electron chi connectivity index (χ1n) is 7.91. The van der Waals surface area contributed by atoms with Gasteiger partial charge in [0.25, 0.3) is 5.91 Å². The molecule has 0 atom stereocenters. The maximum absolute atomic E-state index is 12.2. The molecule has 6 nitrogen and oxygen atoms in total. The van der Waals surface area contributed by atoms with Crippen molar-refractivity contribution >= 4 is 17.3 Å². The van der Waals surface area contributed by atoms with E-state index in [2.05, 4.69) is 16.3 Å². The van der Waals surface area contributed by atoms with Gasteiger partial charge in [0.1, 0.15) is 11.8 Å². The Labute approximate surface area is 140 Å². The number of anilines is 2. The molecule has 0 saturated carbocycles. The molecule has 1 saturated heterocycles. The molecule has 6 heteroatoms. The number of hydrogen-bond donors (Lipinski definition) is 2. The van der Waals surface area contributed by atoms with Gasteiger partial charge in [0.05, 0.1) is 29.2 Å². The van der Waals surface area contributed by atoms with Crippen LogP contribution in [-0.4, -0.2) is 30.2 Å². The fourth-order valence-electron chi connectivity index (χ4n) is 2.90. The van der Waals surface area contributed by atoms with Crippen LogP contribution in [0.25, 0.3) is 0 Å². The molecule has 1 aromatic carbocycles. The van der Waals surface area contributed by atoms with Crippen LogP contribution in [0.5, 0.6) is 0 Å². The molecule has 0 bridgehead atoms. The number of nitrogens with zero attached hydrogens (tertiary/aromatic N) is 2. The highest BCUT2D eigenvalue weighted by molar-refractivity contribution is 6.05. The van der Waals surface area contributed by atoms with Gasteiger partial charge in [-0.25, -0.2) is 0 Å². The molecule has 124 valence electrons. The fourth-order valence-corrected chi connectivity index (χ4v) is 2.90. The second-order valence-corrected chi connectivity index (χ2v) is 5.91. The van der Waals surface area contributed by atoms with E-state index in [1.807, 2.05) is 6.07 Å². The Morgan fingerprint density at radius 1 is 1.38 bits per heavy atom. The van der Waals surface area contributed by atoms with E-state index >= 15 is 0 Å². The number of piperidine rings is 1. The summed E-state index contributed by atoms with van der Waals surface area (Å²) in [7, 11) is 0. The van der Waals surface area contributed by atoms with Gasteiger partial charge in [-0.05, 0) is 44.0 Å². The van der Waals surface area contributed by atoms with Crippen molar-refractivity contribution in [2.45, 2.75) is 25.9 Å². The average Bonchev–Trinajstić information content (AvgIpc) is 3.02. The second kappa shape index (κ2) is 6.77. The Kier molecular flexibility index (Phi) is 4.54. The lowest BCUT2D eigenvalue weighted by atomic mass is 10.0. The summed E-state index contributed by atoms with van der Waals surface area (Å²) < 4.78 is 5.14. The van der Waals surface area contributed by atoms with Crippen LogP contribution in [-0.2, 0) is 0 Å². The quantitative estimate of drug-likeness (QED) is 0.905. The number of carbonyl (C=O) groups is 1. The molecule has 2 N–H and O–H groups in total. The van der Waals surface area contributed by atoms with Gasteiger partial charge in [-0.1, -0.05) is 0 Å². The van der Waals surface area contributed by atoms with Crippen LogP contribution >= 0.6 is 0 Å². The van der Waals surface area contributed by atoms with Crippen LogP contribution < -0.4 is 10.2 Å². The largest absolute Gasteiger partial charge is 0.469 e. The number of hydrogen-bond acceptors (Lipinski definition) is 5. The Bertz CT molecular complexity index is 783. The number of aliphatic hydroxyl groups excluding tert-OH is 1. The molecule has 0 radical (unpaired) electrons. The normalized spacial score (nSPS) is 15.1. The minimum absolute atomic E-state index is 0.261. The molecule has 1 aromatic heterocycles. The highest BCUT2D eigenvalue weighted by Crippen LogP contribution is 2.27. The Morgan fingerprint density at radius 2 is 2.12 bits per heavy atom. The van der Waals surface area contributed by atoms with Crippen LogP contribution in [0.3, 0.4) is 0 Å². The predicted molar refractivity (Wildman–Crippen MR) is 90.0 cm³/mol. The lowest BCUT2D eigenvalue weighted by molar-refractivity contribution is 0.102. The first-order valence-corrected chi connectivity index (χ1v) is 7.91. The minimum Gasteiger partial charge on any atom is -0.469 e. The van der Waals surface area contributed by atoms with Gasteiger partial charge < -0.3 is 19.7 Å². The van der Waals surface area contributed by atoms with E-state index in [0.29, 0.717) is 35.4 Å². The number of nitriles is 1. The molecular weight excluding hydrogens is 306 g/mol. The van der Waals surface area contributed by atoms with Crippen molar-refractivity contribution in [1.82, 2.24) is 0 Å². The van der Waals surface area contributed by atoms with E-state index in [1.54, 1.807) is 25.1 Å². The van der Waals surface area contributed by atoms with Gasteiger partial charge in [-0.3, -0.25) is 4.79 Å². The maximum atomic E-state index is 12.2. The van der Waals surface area contributed by atoms with E-state index < -0.39 is 0 Å². The third kappa shape index (κ3) is 3.26. The van der Waals surface area contributed by atoms with Crippen LogP contribution in [0.15, 0.2) is 34.9 Å². The maximum Gasteiger partial charge on any atom is 0.259 e. The van der Waals surface area contributed by atoms with Gasteiger partial charge in [-0.15, -0.1) is 0 Å². The van der Waals surface area contributed by atoms with Crippen LogP contribution in [0.4, 0.5) is 11.4 Å². The van der Waals surface area contributed by atoms with Gasteiger partial charge in [0.15, 0.2) is 0 Å². The number of amides is 1. The first kappa shape index (κ1) is 16.1. The van der Waals surface area contributed by atoms with Crippen molar-refractivity contribution in [1.29, 1.82) is 5.26 Å². The Morgan fingerprint density at radius 3 is 2.75 bits per heavy atom. The molecule has 24 heavy (non-hydrogen) atoms. The van der Waals surface area contributed by atoms with E-state index in [4.69, 9.17) is 4.42 Å². The van der Waals surface area contributed by atoms with E-state index in [0.717, 1.165) is 18.8 Å². The van der Waals surface area contributed by atoms with Crippen molar-refractivity contribution in [3.63, 3.8) is 0 Å². The number of furan rings is 1. The summed E-state index contributed by atoms with van der Waals surface area (Å²) in [5, 5.41) is 21.8. The van der Waals surface area contributed by atoms with Crippen molar-refractivity contribution in [3.8, 4) is 6.07 Å². The van der Waals surface area contributed by atoms with Gasteiger partial charge in [0, 0.05) is 18.8 Å².